The molecule has 0 radical (unpaired) electrons. The molecule has 0 aliphatic heterocycles. The SMILES string of the molecule is CN(c1ccc2c(c1)C(C)(C)CCC2(C)C)c1ncc(C(=O)O)cn1. The van der Waals surface area contributed by atoms with E-state index in [1.807, 2.05) is 11.9 Å². The zero-order valence-electron chi connectivity index (χ0n) is 15.5. The number of aromatic nitrogens is 2. The van der Waals surface area contributed by atoms with Gasteiger partial charge in [-0.15, -0.1) is 0 Å². The Labute approximate surface area is 148 Å². The fraction of sp³-hybridized carbons (Fsp3) is 0.450. The van der Waals surface area contributed by atoms with Crippen LogP contribution in [0.1, 0.15) is 62.0 Å². The van der Waals surface area contributed by atoms with E-state index in [2.05, 4.69) is 55.9 Å². The number of anilines is 2. The molecule has 0 bridgehead atoms. The van der Waals surface area contributed by atoms with Crippen LogP contribution in [0.4, 0.5) is 11.6 Å². The molecule has 1 aromatic carbocycles. The molecule has 1 heterocycles. The summed E-state index contributed by atoms with van der Waals surface area (Å²) in [5.74, 6) is -0.537. The number of aromatic carboxylic acids is 1. The third-order valence-electron chi connectivity index (χ3n) is 5.41. The molecule has 0 atom stereocenters. The van der Waals surface area contributed by atoms with Crippen molar-refractivity contribution in [2.45, 2.75) is 51.4 Å². The van der Waals surface area contributed by atoms with E-state index in [-0.39, 0.29) is 16.4 Å². The molecule has 0 fully saturated rings. The number of hydrogen-bond donors (Lipinski definition) is 1. The Morgan fingerprint density at radius 3 is 2.16 bits per heavy atom. The molecule has 0 spiro atoms. The first kappa shape index (κ1) is 17.4. The van der Waals surface area contributed by atoms with E-state index in [0.717, 1.165) is 12.1 Å². The van der Waals surface area contributed by atoms with Crippen molar-refractivity contribution in [1.29, 1.82) is 0 Å². The fourth-order valence-electron chi connectivity index (χ4n) is 3.51. The van der Waals surface area contributed by atoms with Crippen LogP contribution in [0.15, 0.2) is 30.6 Å². The van der Waals surface area contributed by atoms with E-state index in [9.17, 15) is 4.79 Å². The second kappa shape index (κ2) is 5.83. The van der Waals surface area contributed by atoms with E-state index in [0.29, 0.717) is 5.95 Å². The van der Waals surface area contributed by atoms with Crippen LogP contribution in [0.2, 0.25) is 0 Å². The number of fused-ring (bicyclic) bond motifs is 1. The Hall–Kier alpha value is -2.43. The van der Waals surface area contributed by atoms with E-state index in [1.165, 1.54) is 29.9 Å². The number of carboxylic acids is 1. The monoisotopic (exact) mass is 339 g/mol. The van der Waals surface area contributed by atoms with Crippen molar-refractivity contribution in [3.63, 3.8) is 0 Å². The van der Waals surface area contributed by atoms with E-state index >= 15 is 0 Å². The Balaban J connectivity index is 2.00. The molecule has 0 saturated heterocycles. The molecule has 25 heavy (non-hydrogen) atoms. The molecule has 1 aliphatic rings. The zero-order chi connectivity index (χ0) is 18.4. The minimum absolute atomic E-state index is 0.0884. The summed E-state index contributed by atoms with van der Waals surface area (Å²) in [6, 6.07) is 6.54. The van der Waals surface area contributed by atoms with Gasteiger partial charge >= 0.3 is 5.97 Å². The van der Waals surface area contributed by atoms with E-state index < -0.39 is 5.97 Å². The largest absolute Gasteiger partial charge is 0.478 e. The molecule has 1 aromatic heterocycles. The average Bonchev–Trinajstić information content (AvgIpc) is 2.58. The standard InChI is InChI=1S/C20H25N3O2/c1-19(2)8-9-20(3,4)16-10-14(6-7-15(16)19)23(5)18-21-11-13(12-22-18)17(24)25/h6-7,10-12H,8-9H2,1-5H3,(H,24,25). The number of benzene rings is 1. The molecule has 1 N–H and O–H groups in total. The maximum absolute atomic E-state index is 11.0. The Morgan fingerprint density at radius 2 is 1.60 bits per heavy atom. The molecular formula is C20H25N3O2. The quantitative estimate of drug-likeness (QED) is 0.903. The van der Waals surface area contributed by atoms with Crippen LogP contribution >= 0.6 is 0 Å². The molecule has 3 rings (SSSR count). The second-order valence-electron chi connectivity index (χ2n) is 8.13. The van der Waals surface area contributed by atoms with Crippen LogP contribution in [0, 0.1) is 0 Å². The summed E-state index contributed by atoms with van der Waals surface area (Å²) in [5.41, 5.74) is 4.19. The van der Waals surface area contributed by atoms with Gasteiger partial charge in [-0.2, -0.15) is 0 Å². The summed E-state index contributed by atoms with van der Waals surface area (Å²) in [4.78, 5) is 21.2. The summed E-state index contributed by atoms with van der Waals surface area (Å²) in [5, 5.41) is 8.98. The lowest BCUT2D eigenvalue weighted by molar-refractivity contribution is 0.0696. The van der Waals surface area contributed by atoms with Crippen molar-refractivity contribution in [1.82, 2.24) is 9.97 Å². The normalized spacial score (nSPS) is 17.6. The van der Waals surface area contributed by atoms with Gasteiger partial charge in [0.05, 0.1) is 5.56 Å². The van der Waals surface area contributed by atoms with Crippen LogP contribution in [-0.2, 0) is 10.8 Å². The van der Waals surface area contributed by atoms with Gasteiger partial charge in [0.1, 0.15) is 0 Å². The topological polar surface area (TPSA) is 66.3 Å². The highest BCUT2D eigenvalue weighted by Crippen LogP contribution is 2.46. The van der Waals surface area contributed by atoms with Crippen molar-refractivity contribution in [2.24, 2.45) is 0 Å². The second-order valence-corrected chi connectivity index (χ2v) is 8.13. The summed E-state index contributed by atoms with van der Waals surface area (Å²) < 4.78 is 0. The molecule has 1 aliphatic carbocycles. The first-order chi connectivity index (χ1) is 11.6. The number of nitrogens with zero attached hydrogens (tertiary/aromatic N) is 3. The van der Waals surface area contributed by atoms with Gasteiger partial charge in [0.15, 0.2) is 0 Å². The van der Waals surface area contributed by atoms with Gasteiger partial charge in [0.25, 0.3) is 0 Å². The fourth-order valence-corrected chi connectivity index (χ4v) is 3.51. The molecule has 5 nitrogen and oxygen atoms in total. The van der Waals surface area contributed by atoms with E-state index in [4.69, 9.17) is 5.11 Å². The molecular weight excluding hydrogens is 314 g/mol. The molecule has 132 valence electrons. The highest BCUT2D eigenvalue weighted by Gasteiger charge is 2.37. The molecule has 2 aromatic rings. The number of rotatable bonds is 3. The summed E-state index contributed by atoms with van der Waals surface area (Å²) in [6.07, 6.45) is 5.02. The number of hydrogen-bond acceptors (Lipinski definition) is 4. The Kier molecular flexibility index (Phi) is 4.06. The van der Waals surface area contributed by atoms with Gasteiger partial charge in [0.2, 0.25) is 5.95 Å². The highest BCUT2D eigenvalue weighted by atomic mass is 16.4. The lowest BCUT2D eigenvalue weighted by Crippen LogP contribution is -2.34. The van der Waals surface area contributed by atoms with Gasteiger partial charge in [-0.05, 0) is 46.9 Å². The minimum atomic E-state index is -1.02. The van der Waals surface area contributed by atoms with Gasteiger partial charge in [-0.1, -0.05) is 33.8 Å². The summed E-state index contributed by atoms with van der Waals surface area (Å²) in [6.45, 7) is 9.20. The summed E-state index contributed by atoms with van der Waals surface area (Å²) in [7, 11) is 1.90. The minimum Gasteiger partial charge on any atom is -0.478 e. The summed E-state index contributed by atoms with van der Waals surface area (Å²) >= 11 is 0. The van der Waals surface area contributed by atoms with Gasteiger partial charge in [0, 0.05) is 25.1 Å². The van der Waals surface area contributed by atoms with Gasteiger partial charge < -0.3 is 10.0 Å². The maximum atomic E-state index is 11.0. The van der Waals surface area contributed by atoms with Crippen LogP contribution in [0.3, 0.4) is 0 Å². The van der Waals surface area contributed by atoms with Crippen LogP contribution < -0.4 is 4.90 Å². The molecule has 0 amide bonds. The molecule has 0 unspecified atom stereocenters. The van der Waals surface area contributed by atoms with Crippen LogP contribution in [0.5, 0.6) is 0 Å². The van der Waals surface area contributed by atoms with Crippen molar-refractivity contribution < 1.29 is 9.90 Å². The van der Waals surface area contributed by atoms with Crippen molar-refractivity contribution in [3.8, 4) is 0 Å². The maximum Gasteiger partial charge on any atom is 0.338 e. The first-order valence-electron chi connectivity index (χ1n) is 8.56. The predicted octanol–water partition coefficient (Wildman–Crippen LogP) is 4.29. The van der Waals surface area contributed by atoms with Gasteiger partial charge in [-0.25, -0.2) is 14.8 Å². The van der Waals surface area contributed by atoms with Gasteiger partial charge in [-0.3, -0.25) is 0 Å². The Bertz CT molecular complexity index is 810. The van der Waals surface area contributed by atoms with Crippen LogP contribution in [0.25, 0.3) is 0 Å². The predicted molar refractivity (Wildman–Crippen MR) is 98.8 cm³/mol. The van der Waals surface area contributed by atoms with Crippen molar-refractivity contribution in [3.05, 3.63) is 47.3 Å². The number of carbonyl (C=O) groups is 1. The average molecular weight is 339 g/mol. The number of carboxylic acid groups (broad SMARTS) is 1. The first-order valence-corrected chi connectivity index (χ1v) is 8.56. The third-order valence-corrected chi connectivity index (χ3v) is 5.41. The smallest absolute Gasteiger partial charge is 0.338 e. The van der Waals surface area contributed by atoms with Crippen LogP contribution in [-0.4, -0.2) is 28.1 Å². The van der Waals surface area contributed by atoms with Crippen molar-refractivity contribution >= 4 is 17.6 Å². The lowest BCUT2D eigenvalue weighted by atomic mass is 9.63. The lowest BCUT2D eigenvalue weighted by Gasteiger charge is -2.42. The molecule has 0 saturated carbocycles. The zero-order valence-corrected chi connectivity index (χ0v) is 15.5. The molecule has 5 heteroatoms. The van der Waals surface area contributed by atoms with E-state index in [1.54, 1.807) is 0 Å². The highest BCUT2D eigenvalue weighted by molar-refractivity contribution is 5.86. The van der Waals surface area contributed by atoms with Crippen molar-refractivity contribution in [2.75, 3.05) is 11.9 Å². The Morgan fingerprint density at radius 1 is 1.04 bits per heavy atom. The third kappa shape index (κ3) is 3.11.